The van der Waals surface area contributed by atoms with Crippen LogP contribution >= 0.6 is 0 Å². The predicted molar refractivity (Wildman–Crippen MR) is 116 cm³/mol. The number of fused-ring (bicyclic) bond motifs is 1. The van der Waals surface area contributed by atoms with Crippen LogP contribution in [0.1, 0.15) is 19.3 Å². The van der Waals surface area contributed by atoms with Crippen LogP contribution in [0.3, 0.4) is 0 Å². The molecule has 0 radical (unpaired) electrons. The minimum atomic E-state index is -3.51. The van der Waals surface area contributed by atoms with Gasteiger partial charge in [-0.05, 0) is 34.9 Å². The summed E-state index contributed by atoms with van der Waals surface area (Å²) in [5, 5.41) is 0. The Morgan fingerprint density at radius 2 is 1.72 bits per heavy atom. The first-order valence-corrected chi connectivity index (χ1v) is 8.88. The van der Waals surface area contributed by atoms with Crippen LogP contribution in [0.25, 0.3) is 22.2 Å². The lowest BCUT2D eigenvalue weighted by Gasteiger charge is -2.36. The van der Waals surface area contributed by atoms with Gasteiger partial charge < -0.3 is 9.32 Å². The maximum absolute atomic E-state index is 12.0. The molecular weight excluding hydrogens is 362 g/mol. The van der Waals surface area contributed by atoms with E-state index in [0.29, 0.717) is 16.1 Å². The lowest BCUT2D eigenvalue weighted by molar-refractivity contribution is 0.250. The van der Waals surface area contributed by atoms with Gasteiger partial charge in [-0.1, -0.05) is 54.6 Å². The number of anilines is 1. The van der Waals surface area contributed by atoms with Crippen LogP contribution in [0, 0.1) is 0 Å². The van der Waals surface area contributed by atoms with Crippen molar-refractivity contribution >= 4 is 16.8 Å². The topological polar surface area (TPSA) is 52.5 Å². The third kappa shape index (κ3) is 3.69. The Balaban J connectivity index is 1.70. The van der Waals surface area contributed by atoms with Gasteiger partial charge >= 0.3 is 5.76 Å². The third-order valence-electron chi connectivity index (χ3n) is 4.37. The highest BCUT2D eigenvalue weighted by atomic mass is 16.4. The number of piperazine rings is 1. The van der Waals surface area contributed by atoms with Crippen molar-refractivity contribution in [2.24, 2.45) is 0 Å². The molecule has 1 N–H and O–H groups in total. The van der Waals surface area contributed by atoms with Gasteiger partial charge in [0.05, 0.1) is 16.7 Å². The Morgan fingerprint density at radius 1 is 0.966 bits per heavy atom. The second-order valence-electron chi connectivity index (χ2n) is 6.28. The third-order valence-corrected chi connectivity index (χ3v) is 4.37. The Labute approximate surface area is 184 Å². The van der Waals surface area contributed by atoms with Gasteiger partial charge in [-0.25, -0.2) is 4.79 Å². The molecule has 1 aromatic heterocycles. The molecule has 29 heavy (non-hydrogen) atoms. The molecule has 5 heteroatoms. The van der Waals surface area contributed by atoms with Crippen LogP contribution < -0.4 is 10.7 Å². The number of benzene rings is 3. The zero-order chi connectivity index (χ0) is 29.5. The summed E-state index contributed by atoms with van der Waals surface area (Å²) in [7, 11) is 0. The second kappa shape index (κ2) is 7.60. The smallest absolute Gasteiger partial charge is 0.406 e. The van der Waals surface area contributed by atoms with Crippen LogP contribution in [0.5, 0.6) is 0 Å². The molecule has 0 saturated carbocycles. The van der Waals surface area contributed by atoms with E-state index in [1.807, 2.05) is 0 Å². The normalized spacial score (nSPS) is 28.1. The average molecular weight is 397 g/mol. The van der Waals surface area contributed by atoms with Crippen LogP contribution in [0.15, 0.2) is 82.0 Å². The van der Waals surface area contributed by atoms with Gasteiger partial charge in [0.1, 0.15) is 0 Å². The summed E-state index contributed by atoms with van der Waals surface area (Å²) in [6.07, 6.45) is 0. The fraction of sp³-hybridized carbons (Fsp3) is 0.208. The van der Waals surface area contributed by atoms with Crippen LogP contribution in [0.4, 0.5) is 5.69 Å². The molecule has 1 aliphatic rings. The predicted octanol–water partition coefficient (Wildman–Crippen LogP) is 4.11. The molecule has 0 amide bonds. The number of aromatic nitrogens is 1. The maximum Gasteiger partial charge on any atom is 0.417 e. The standard InChI is InChI=1S/C24H23N3O2/c28-24-25-21-10-5-11-22(23(21)29-24)27-14-12-26(13-15-27)17-18-6-4-9-20(16-18)19-7-2-1-3-8-19/h1-11,16H,12-15,17H2,(H,25,28)/i12D2,13D2,14D2,15D2,17D2/hD. The average Bonchev–Trinajstić information content (AvgIpc) is 3.17. The molecule has 0 unspecified atom stereocenters. The van der Waals surface area contributed by atoms with Gasteiger partial charge in [0.15, 0.2) is 6.99 Å². The Morgan fingerprint density at radius 3 is 2.55 bits per heavy atom. The van der Waals surface area contributed by atoms with Crippen LogP contribution in [0.2, 0.25) is 1.41 Å². The molecule has 3 aromatic carbocycles. The Hall–Kier alpha value is -3.31. The summed E-state index contributed by atoms with van der Waals surface area (Å²) in [6, 6.07) is 18.4. The van der Waals surface area contributed by atoms with E-state index < -0.39 is 49.5 Å². The van der Waals surface area contributed by atoms with Gasteiger partial charge in [0.2, 0.25) is 0 Å². The SMILES string of the molecule is [2H]n1c(=O)oc2c(N3C([2H])([2H])C([2H])([2H])N(C([2H])([2H])c4cccc(-c5ccccc5)c4)C([2H])([2H])C3([2H])[2H])cccc21. The quantitative estimate of drug-likeness (QED) is 0.564. The molecule has 0 atom stereocenters. The summed E-state index contributed by atoms with van der Waals surface area (Å²) >= 11 is 0. The van der Waals surface area contributed by atoms with Crippen molar-refractivity contribution in [1.29, 1.82) is 0 Å². The highest BCUT2D eigenvalue weighted by Gasteiger charge is 2.20. The van der Waals surface area contributed by atoms with Crippen molar-refractivity contribution < 1.29 is 19.5 Å². The van der Waals surface area contributed by atoms with E-state index >= 15 is 0 Å². The number of aromatic amines is 1. The second-order valence-corrected chi connectivity index (χ2v) is 6.28. The fourth-order valence-corrected chi connectivity index (χ4v) is 3.05. The number of nitrogens with one attached hydrogen (secondary N) is 1. The lowest BCUT2D eigenvalue weighted by atomic mass is 10.0. The van der Waals surface area contributed by atoms with Gasteiger partial charge in [-0.15, -0.1) is 0 Å². The Kier molecular flexibility index (Phi) is 2.48. The fourth-order valence-electron chi connectivity index (χ4n) is 3.05. The van der Waals surface area contributed by atoms with Gasteiger partial charge in [0.25, 0.3) is 0 Å². The first-order valence-electron chi connectivity index (χ1n) is 14.3. The van der Waals surface area contributed by atoms with Crippen molar-refractivity contribution in [1.82, 2.24) is 9.88 Å². The van der Waals surface area contributed by atoms with Crippen molar-refractivity contribution in [3.63, 3.8) is 0 Å². The molecule has 4 aromatic rings. The summed E-state index contributed by atoms with van der Waals surface area (Å²) < 4.78 is 101. The van der Waals surface area contributed by atoms with Gasteiger partial charge in [-0.3, -0.25) is 9.88 Å². The lowest BCUT2D eigenvalue weighted by Crippen LogP contribution is -2.46. The highest BCUT2D eigenvalue weighted by Crippen LogP contribution is 2.26. The number of hydrogen-bond donors (Lipinski definition) is 1. The summed E-state index contributed by atoms with van der Waals surface area (Å²) in [5.74, 6) is -1.16. The molecular formula is C24H23N3O2. The molecule has 1 saturated heterocycles. The van der Waals surface area contributed by atoms with E-state index in [1.54, 1.807) is 36.4 Å². The monoisotopic (exact) mass is 396 g/mol. The van der Waals surface area contributed by atoms with Crippen LogP contribution in [-0.2, 0) is 6.50 Å². The number of H-pyrrole nitrogens is 1. The highest BCUT2D eigenvalue weighted by molar-refractivity contribution is 5.86. The van der Waals surface area contributed by atoms with Crippen molar-refractivity contribution in [3.8, 4) is 11.1 Å². The maximum atomic E-state index is 12.0. The van der Waals surface area contributed by atoms with Gasteiger partial charge in [-0.2, -0.15) is 0 Å². The van der Waals surface area contributed by atoms with E-state index in [4.69, 9.17) is 19.5 Å². The summed E-state index contributed by atoms with van der Waals surface area (Å²) in [4.78, 5) is 12.5. The molecule has 5 rings (SSSR count). The van der Waals surface area contributed by atoms with E-state index in [0.717, 1.165) is 6.07 Å². The molecule has 1 aliphatic heterocycles. The van der Waals surface area contributed by atoms with Gasteiger partial charge in [0, 0.05) is 40.7 Å². The van der Waals surface area contributed by atoms with E-state index in [1.165, 1.54) is 30.3 Å². The largest absolute Gasteiger partial charge is 0.417 e. The Bertz CT molecular complexity index is 1620. The minimum Gasteiger partial charge on any atom is -0.406 e. The molecule has 5 nitrogen and oxygen atoms in total. The van der Waals surface area contributed by atoms with Crippen molar-refractivity contribution in [2.75, 3.05) is 30.9 Å². The van der Waals surface area contributed by atoms with E-state index in [9.17, 15) is 4.79 Å². The molecule has 0 bridgehead atoms. The van der Waals surface area contributed by atoms with E-state index in [-0.39, 0.29) is 20.9 Å². The van der Waals surface area contributed by atoms with Crippen molar-refractivity contribution in [3.05, 3.63) is 88.9 Å². The van der Waals surface area contributed by atoms with Crippen molar-refractivity contribution in [2.45, 2.75) is 6.50 Å². The molecule has 146 valence electrons. The zero-order valence-electron chi connectivity index (χ0n) is 26.1. The van der Waals surface area contributed by atoms with E-state index in [2.05, 4.69) is 0 Å². The first kappa shape index (κ1) is 9.46. The number of oxazole rings is 1. The number of nitrogens with zero attached hydrogens (tertiary/aromatic N) is 2. The molecule has 0 aliphatic carbocycles. The number of para-hydroxylation sites is 1. The zero-order valence-corrected chi connectivity index (χ0v) is 15.1. The summed E-state index contributed by atoms with van der Waals surface area (Å²) in [5.41, 5.74) is -0.123. The minimum absolute atomic E-state index is 0.0560. The molecule has 1 fully saturated rings. The molecule has 0 spiro atoms. The van der Waals surface area contributed by atoms with Crippen LogP contribution in [-0.4, -0.2) is 35.9 Å². The number of rotatable bonds is 4. The summed E-state index contributed by atoms with van der Waals surface area (Å²) in [6.45, 7) is -17.0. The number of hydrogen-bond acceptors (Lipinski definition) is 4. The molecule has 2 heterocycles. The first-order chi connectivity index (χ1) is 18.5.